The highest BCUT2D eigenvalue weighted by Gasteiger charge is 2.15. The molecule has 0 fully saturated rings. The number of hydrogen-bond donors (Lipinski definition) is 3. The molecule has 0 radical (unpaired) electrons. The lowest BCUT2D eigenvalue weighted by molar-refractivity contribution is -0.137. The first-order valence-electron chi connectivity index (χ1n) is 6.59. The van der Waals surface area contributed by atoms with Gasteiger partial charge in [-0.3, -0.25) is 4.79 Å². The van der Waals surface area contributed by atoms with Crippen LogP contribution in [0.4, 0.5) is 4.79 Å². The molecule has 5 heteroatoms. The van der Waals surface area contributed by atoms with Crippen molar-refractivity contribution in [2.45, 2.75) is 46.1 Å². The minimum Gasteiger partial charge on any atom is -0.481 e. The minimum atomic E-state index is -0.779. The van der Waals surface area contributed by atoms with E-state index in [4.69, 9.17) is 11.5 Å². The maximum absolute atomic E-state index is 11.4. The van der Waals surface area contributed by atoms with Gasteiger partial charge in [-0.2, -0.15) is 0 Å². The van der Waals surface area contributed by atoms with Gasteiger partial charge in [-0.05, 0) is 31.6 Å². The van der Waals surface area contributed by atoms with Crippen LogP contribution in [-0.4, -0.2) is 29.7 Å². The number of urea groups is 1. The van der Waals surface area contributed by atoms with Crippen LogP contribution >= 0.6 is 0 Å². The summed E-state index contributed by atoms with van der Waals surface area (Å²) in [5, 5.41) is 14.0. The van der Waals surface area contributed by atoms with Crippen LogP contribution in [0.2, 0.25) is 0 Å². The van der Waals surface area contributed by atoms with E-state index in [9.17, 15) is 9.59 Å². The Morgan fingerprint density at radius 3 is 2.37 bits per heavy atom. The van der Waals surface area contributed by atoms with Gasteiger partial charge in [0.05, 0.1) is 6.04 Å². The lowest BCUT2D eigenvalue weighted by atomic mass is 9.88. The molecule has 2 amide bonds. The van der Waals surface area contributed by atoms with Crippen molar-refractivity contribution < 1.29 is 14.7 Å². The van der Waals surface area contributed by atoms with Gasteiger partial charge >= 0.3 is 12.0 Å². The third-order valence-electron chi connectivity index (χ3n) is 3.07. The zero-order chi connectivity index (χ0) is 14.8. The van der Waals surface area contributed by atoms with E-state index in [1.807, 2.05) is 0 Å². The second-order valence-electron chi connectivity index (χ2n) is 5.01. The van der Waals surface area contributed by atoms with Crippen LogP contribution in [0.5, 0.6) is 0 Å². The van der Waals surface area contributed by atoms with Gasteiger partial charge in [0.25, 0.3) is 0 Å². The maximum atomic E-state index is 11.4. The summed E-state index contributed by atoms with van der Waals surface area (Å²) in [6.45, 7) is 6.37. The topological polar surface area (TPSA) is 78.4 Å². The van der Waals surface area contributed by atoms with Gasteiger partial charge in [-0.15, -0.1) is 6.42 Å². The van der Waals surface area contributed by atoms with Crippen molar-refractivity contribution in [1.82, 2.24) is 10.6 Å². The van der Waals surface area contributed by atoms with E-state index in [0.717, 1.165) is 6.42 Å². The molecule has 0 aromatic carbocycles. The number of carboxylic acids is 1. The Morgan fingerprint density at radius 1 is 1.26 bits per heavy atom. The fraction of sp³-hybridized carbons (Fsp3) is 0.714. The van der Waals surface area contributed by atoms with Crippen molar-refractivity contribution in [3.63, 3.8) is 0 Å². The molecule has 0 aliphatic rings. The van der Waals surface area contributed by atoms with E-state index in [0.29, 0.717) is 24.8 Å². The Labute approximate surface area is 115 Å². The Balaban J connectivity index is 3.96. The molecule has 3 N–H and O–H groups in total. The van der Waals surface area contributed by atoms with E-state index < -0.39 is 5.97 Å². The number of nitrogens with one attached hydrogen (secondary N) is 2. The number of carbonyl (C=O) groups is 2. The Kier molecular flexibility index (Phi) is 8.43. The van der Waals surface area contributed by atoms with E-state index in [1.165, 1.54) is 0 Å². The molecule has 108 valence electrons. The van der Waals surface area contributed by atoms with Crippen LogP contribution < -0.4 is 10.6 Å². The Hall–Kier alpha value is -1.70. The van der Waals surface area contributed by atoms with E-state index in [1.54, 1.807) is 6.92 Å². The maximum Gasteiger partial charge on any atom is 0.315 e. The molecule has 2 atom stereocenters. The highest BCUT2D eigenvalue weighted by atomic mass is 16.4. The first kappa shape index (κ1) is 17.3. The number of aliphatic carboxylic acids is 1. The van der Waals surface area contributed by atoms with Gasteiger partial charge in [-0.25, -0.2) is 4.79 Å². The fourth-order valence-electron chi connectivity index (χ4n) is 1.78. The molecule has 5 nitrogen and oxygen atoms in total. The molecule has 0 bridgehead atoms. The van der Waals surface area contributed by atoms with E-state index in [2.05, 4.69) is 30.4 Å². The quantitative estimate of drug-likeness (QED) is 0.588. The largest absolute Gasteiger partial charge is 0.481 e. The number of carbonyl (C=O) groups excluding carboxylic acids is 1. The van der Waals surface area contributed by atoms with Crippen LogP contribution in [0.3, 0.4) is 0 Å². The number of carboxylic acid groups (broad SMARTS) is 1. The second-order valence-corrected chi connectivity index (χ2v) is 5.01. The van der Waals surface area contributed by atoms with Gasteiger partial charge in [0.15, 0.2) is 0 Å². The van der Waals surface area contributed by atoms with Crippen LogP contribution in [0.1, 0.15) is 40.0 Å². The summed E-state index contributed by atoms with van der Waals surface area (Å²) < 4.78 is 0. The molecule has 0 aliphatic heterocycles. The Bertz CT molecular complexity index is 334. The highest BCUT2D eigenvalue weighted by molar-refractivity contribution is 5.74. The summed E-state index contributed by atoms with van der Waals surface area (Å²) in [5.74, 6) is 2.32. The van der Waals surface area contributed by atoms with Crippen molar-refractivity contribution in [2.75, 3.05) is 6.54 Å². The van der Waals surface area contributed by atoms with Crippen LogP contribution in [-0.2, 0) is 4.79 Å². The summed E-state index contributed by atoms with van der Waals surface area (Å²) in [4.78, 5) is 22.0. The van der Waals surface area contributed by atoms with Gasteiger partial charge in [0, 0.05) is 13.0 Å². The highest BCUT2D eigenvalue weighted by Crippen LogP contribution is 2.20. The van der Waals surface area contributed by atoms with Crippen molar-refractivity contribution in [1.29, 1.82) is 0 Å². The minimum absolute atomic E-state index is 0.170. The molecular weight excluding hydrogens is 244 g/mol. The van der Waals surface area contributed by atoms with Crippen molar-refractivity contribution in [3.05, 3.63) is 0 Å². The Morgan fingerprint density at radius 2 is 1.89 bits per heavy atom. The lowest BCUT2D eigenvalue weighted by Gasteiger charge is -2.20. The molecule has 19 heavy (non-hydrogen) atoms. The fourth-order valence-corrected chi connectivity index (χ4v) is 1.78. The number of amides is 2. The zero-order valence-corrected chi connectivity index (χ0v) is 11.9. The average Bonchev–Trinajstić information content (AvgIpc) is 2.32. The third-order valence-corrected chi connectivity index (χ3v) is 3.07. The van der Waals surface area contributed by atoms with Crippen molar-refractivity contribution in [3.8, 4) is 12.3 Å². The molecule has 0 aliphatic carbocycles. The van der Waals surface area contributed by atoms with E-state index >= 15 is 0 Å². The third kappa shape index (κ3) is 8.95. The summed E-state index contributed by atoms with van der Waals surface area (Å²) >= 11 is 0. The predicted octanol–water partition coefficient (Wildman–Crippen LogP) is 1.83. The van der Waals surface area contributed by atoms with E-state index in [-0.39, 0.29) is 18.5 Å². The van der Waals surface area contributed by atoms with Crippen LogP contribution in [0.15, 0.2) is 0 Å². The number of rotatable bonds is 8. The second kappa shape index (κ2) is 9.26. The van der Waals surface area contributed by atoms with Crippen molar-refractivity contribution in [2.24, 2.45) is 11.8 Å². The van der Waals surface area contributed by atoms with Crippen LogP contribution in [0.25, 0.3) is 0 Å². The monoisotopic (exact) mass is 268 g/mol. The van der Waals surface area contributed by atoms with Gasteiger partial charge in [0.2, 0.25) is 0 Å². The first-order chi connectivity index (χ1) is 8.86. The smallest absolute Gasteiger partial charge is 0.315 e. The summed E-state index contributed by atoms with van der Waals surface area (Å²) in [6, 6.07) is -0.584. The molecule has 0 aromatic rings. The molecule has 0 rings (SSSR count). The van der Waals surface area contributed by atoms with Gasteiger partial charge in [0.1, 0.15) is 0 Å². The predicted molar refractivity (Wildman–Crippen MR) is 74.6 cm³/mol. The summed E-state index contributed by atoms with van der Waals surface area (Å²) in [5.41, 5.74) is 0. The number of hydrogen-bond acceptors (Lipinski definition) is 2. The summed E-state index contributed by atoms with van der Waals surface area (Å²) in [7, 11) is 0. The molecule has 0 heterocycles. The normalized spacial score (nSPS) is 13.4. The van der Waals surface area contributed by atoms with Crippen molar-refractivity contribution >= 4 is 12.0 Å². The zero-order valence-electron chi connectivity index (χ0n) is 11.9. The lowest BCUT2D eigenvalue weighted by Crippen LogP contribution is -2.41. The van der Waals surface area contributed by atoms with Crippen LogP contribution in [0, 0.1) is 24.2 Å². The number of terminal acetylenes is 1. The van der Waals surface area contributed by atoms with Gasteiger partial charge in [-0.1, -0.05) is 19.8 Å². The SMILES string of the molecule is C#CC(C)NC(=O)NCCC(CCC(=O)O)C(C)C. The van der Waals surface area contributed by atoms with Gasteiger partial charge < -0.3 is 15.7 Å². The molecule has 0 saturated heterocycles. The first-order valence-corrected chi connectivity index (χ1v) is 6.59. The molecule has 0 saturated carbocycles. The summed E-state index contributed by atoms with van der Waals surface area (Å²) in [6.07, 6.45) is 6.73. The molecule has 2 unspecified atom stereocenters. The molecule has 0 aromatic heterocycles. The standard InChI is InChI=1S/C14H24N2O3/c1-5-11(4)16-14(19)15-9-8-12(10(2)3)6-7-13(17)18/h1,10-12H,6-9H2,2-4H3,(H,17,18)(H2,15,16,19). The average molecular weight is 268 g/mol. The molecule has 0 spiro atoms. The molecular formula is C14H24N2O3.